The summed E-state index contributed by atoms with van der Waals surface area (Å²) in [5, 5.41) is 0.434. The molecule has 0 saturated carbocycles. The van der Waals surface area contributed by atoms with Crippen LogP contribution in [0.4, 0.5) is 5.82 Å². The Bertz CT molecular complexity index is 321. The van der Waals surface area contributed by atoms with Gasteiger partial charge >= 0.3 is 0 Å². The molecular weight excluding hydrogens is 202 g/mol. The summed E-state index contributed by atoms with van der Waals surface area (Å²) in [6.45, 7) is 1.82. The molecule has 5 heteroatoms. The van der Waals surface area contributed by atoms with Crippen molar-refractivity contribution in [1.82, 2.24) is 9.97 Å². The van der Waals surface area contributed by atoms with Crippen LogP contribution in [0.3, 0.4) is 0 Å². The van der Waals surface area contributed by atoms with Crippen LogP contribution in [0.5, 0.6) is 0 Å². The van der Waals surface area contributed by atoms with Crippen molar-refractivity contribution in [3.8, 4) is 0 Å². The predicted molar refractivity (Wildman–Crippen MR) is 54.7 cm³/mol. The highest BCUT2D eigenvalue weighted by Crippen LogP contribution is 2.19. The van der Waals surface area contributed by atoms with E-state index in [1.807, 2.05) is 0 Å². The lowest BCUT2D eigenvalue weighted by atomic mass is 10.3. The summed E-state index contributed by atoms with van der Waals surface area (Å²) in [7, 11) is 1.73. The van der Waals surface area contributed by atoms with Crippen LogP contribution in [-0.4, -0.2) is 36.3 Å². The summed E-state index contributed by atoms with van der Waals surface area (Å²) in [6, 6.07) is 0. The Labute approximate surface area is 87.9 Å². The average molecular weight is 214 g/mol. The molecule has 1 saturated heterocycles. The highest BCUT2D eigenvalue weighted by Gasteiger charge is 2.23. The average Bonchev–Trinajstić information content (AvgIpc) is 2.66. The normalized spacial score (nSPS) is 21.6. The number of ether oxygens (including phenoxy) is 1. The van der Waals surface area contributed by atoms with E-state index in [1.54, 1.807) is 13.3 Å². The fourth-order valence-corrected chi connectivity index (χ4v) is 1.76. The van der Waals surface area contributed by atoms with Gasteiger partial charge in [0.2, 0.25) is 0 Å². The fraction of sp³-hybridized carbons (Fsp3) is 0.556. The molecule has 76 valence electrons. The predicted octanol–water partition coefficient (Wildman–Crippen LogP) is 1.36. The van der Waals surface area contributed by atoms with E-state index in [4.69, 9.17) is 16.3 Å². The molecule has 1 aliphatic heterocycles. The number of rotatable bonds is 2. The van der Waals surface area contributed by atoms with Crippen LogP contribution in [0.1, 0.15) is 6.42 Å². The summed E-state index contributed by atoms with van der Waals surface area (Å²) >= 11 is 5.76. The number of aromatic nitrogens is 2. The first kappa shape index (κ1) is 9.68. The molecule has 0 bridgehead atoms. The standard InChI is InChI=1S/C9H12ClN3O/c1-14-7-2-3-13(6-7)9-5-11-4-8(10)12-9/h4-5,7H,2-3,6H2,1H3/t7-/m1/s1. The Balaban J connectivity index is 2.09. The molecule has 4 nitrogen and oxygen atoms in total. The Morgan fingerprint density at radius 1 is 1.57 bits per heavy atom. The maximum Gasteiger partial charge on any atom is 0.149 e. The van der Waals surface area contributed by atoms with Gasteiger partial charge < -0.3 is 9.64 Å². The third-order valence-electron chi connectivity index (χ3n) is 2.39. The number of methoxy groups -OCH3 is 1. The van der Waals surface area contributed by atoms with Crippen LogP contribution in [0.2, 0.25) is 5.15 Å². The maximum atomic E-state index is 5.76. The number of hydrogen-bond acceptors (Lipinski definition) is 4. The zero-order valence-electron chi connectivity index (χ0n) is 7.98. The van der Waals surface area contributed by atoms with Crippen LogP contribution >= 0.6 is 11.6 Å². The highest BCUT2D eigenvalue weighted by molar-refractivity contribution is 6.29. The van der Waals surface area contributed by atoms with Gasteiger partial charge in [-0.1, -0.05) is 11.6 Å². The minimum Gasteiger partial charge on any atom is -0.380 e. The van der Waals surface area contributed by atoms with Gasteiger partial charge in [-0.2, -0.15) is 0 Å². The van der Waals surface area contributed by atoms with Crippen molar-refractivity contribution in [2.75, 3.05) is 25.1 Å². The van der Waals surface area contributed by atoms with Crippen LogP contribution in [0, 0.1) is 0 Å². The van der Waals surface area contributed by atoms with E-state index in [-0.39, 0.29) is 0 Å². The molecule has 14 heavy (non-hydrogen) atoms. The second-order valence-corrected chi connectivity index (χ2v) is 3.68. The van der Waals surface area contributed by atoms with E-state index < -0.39 is 0 Å². The Morgan fingerprint density at radius 3 is 3.07 bits per heavy atom. The van der Waals surface area contributed by atoms with Crippen molar-refractivity contribution >= 4 is 17.4 Å². The van der Waals surface area contributed by atoms with Crippen LogP contribution < -0.4 is 4.90 Å². The molecule has 1 aromatic heterocycles. The Hall–Kier alpha value is -0.870. The molecule has 0 spiro atoms. The first-order chi connectivity index (χ1) is 6.79. The van der Waals surface area contributed by atoms with Crippen LogP contribution in [0.15, 0.2) is 12.4 Å². The quantitative estimate of drug-likeness (QED) is 0.744. The van der Waals surface area contributed by atoms with E-state index in [0.29, 0.717) is 11.3 Å². The summed E-state index contributed by atoms with van der Waals surface area (Å²) < 4.78 is 5.27. The molecule has 2 rings (SSSR count). The van der Waals surface area contributed by atoms with Gasteiger partial charge in [-0.25, -0.2) is 4.98 Å². The van der Waals surface area contributed by atoms with Gasteiger partial charge in [-0.15, -0.1) is 0 Å². The van der Waals surface area contributed by atoms with Gasteiger partial charge in [0.05, 0.1) is 18.5 Å². The van der Waals surface area contributed by atoms with Crippen molar-refractivity contribution in [1.29, 1.82) is 0 Å². The lowest BCUT2D eigenvalue weighted by molar-refractivity contribution is 0.121. The molecule has 1 fully saturated rings. The van der Waals surface area contributed by atoms with E-state index in [1.165, 1.54) is 6.20 Å². The molecule has 0 amide bonds. The molecule has 0 aromatic carbocycles. The maximum absolute atomic E-state index is 5.76. The highest BCUT2D eigenvalue weighted by atomic mass is 35.5. The van der Waals surface area contributed by atoms with Gasteiger partial charge in [0, 0.05) is 20.2 Å². The first-order valence-electron chi connectivity index (χ1n) is 4.55. The van der Waals surface area contributed by atoms with E-state index in [2.05, 4.69) is 14.9 Å². The lowest BCUT2D eigenvalue weighted by Gasteiger charge is -2.16. The molecule has 1 aliphatic rings. The molecule has 0 unspecified atom stereocenters. The summed E-state index contributed by atoms with van der Waals surface area (Å²) in [5.41, 5.74) is 0. The van der Waals surface area contributed by atoms with Crippen molar-refractivity contribution < 1.29 is 4.74 Å². The minimum absolute atomic E-state index is 0.302. The summed E-state index contributed by atoms with van der Waals surface area (Å²) in [6.07, 6.45) is 4.60. The lowest BCUT2D eigenvalue weighted by Crippen LogP contribution is -2.23. The third kappa shape index (κ3) is 1.96. The fourth-order valence-electron chi connectivity index (χ4n) is 1.61. The number of hydrogen-bond donors (Lipinski definition) is 0. The summed E-state index contributed by atoms with van der Waals surface area (Å²) in [4.78, 5) is 10.3. The monoisotopic (exact) mass is 213 g/mol. The molecule has 0 N–H and O–H groups in total. The van der Waals surface area contributed by atoms with E-state index in [0.717, 1.165) is 25.3 Å². The topological polar surface area (TPSA) is 38.2 Å². The smallest absolute Gasteiger partial charge is 0.149 e. The molecule has 1 aromatic rings. The number of halogens is 1. The van der Waals surface area contributed by atoms with Crippen molar-refractivity contribution in [3.05, 3.63) is 17.5 Å². The third-order valence-corrected chi connectivity index (χ3v) is 2.58. The number of anilines is 1. The second kappa shape index (κ2) is 4.11. The second-order valence-electron chi connectivity index (χ2n) is 3.29. The van der Waals surface area contributed by atoms with Gasteiger partial charge in [0.1, 0.15) is 11.0 Å². The van der Waals surface area contributed by atoms with Gasteiger partial charge in [-0.05, 0) is 6.42 Å². The summed E-state index contributed by atoms with van der Waals surface area (Å²) in [5.74, 6) is 0.831. The molecule has 0 aliphatic carbocycles. The largest absolute Gasteiger partial charge is 0.380 e. The van der Waals surface area contributed by atoms with Crippen molar-refractivity contribution in [3.63, 3.8) is 0 Å². The molecule has 1 atom stereocenters. The number of nitrogens with zero attached hydrogens (tertiary/aromatic N) is 3. The Kier molecular flexibility index (Phi) is 2.84. The van der Waals surface area contributed by atoms with Crippen LogP contribution in [-0.2, 0) is 4.74 Å². The van der Waals surface area contributed by atoms with Crippen molar-refractivity contribution in [2.24, 2.45) is 0 Å². The van der Waals surface area contributed by atoms with Crippen molar-refractivity contribution in [2.45, 2.75) is 12.5 Å². The molecule has 2 heterocycles. The van der Waals surface area contributed by atoms with Gasteiger partial charge in [0.15, 0.2) is 0 Å². The van der Waals surface area contributed by atoms with E-state index in [9.17, 15) is 0 Å². The Morgan fingerprint density at radius 2 is 2.43 bits per heavy atom. The first-order valence-corrected chi connectivity index (χ1v) is 4.92. The van der Waals surface area contributed by atoms with E-state index >= 15 is 0 Å². The zero-order valence-corrected chi connectivity index (χ0v) is 8.74. The van der Waals surface area contributed by atoms with Crippen LogP contribution in [0.25, 0.3) is 0 Å². The molecule has 0 radical (unpaired) electrons. The van der Waals surface area contributed by atoms with Gasteiger partial charge in [0.25, 0.3) is 0 Å². The molecular formula is C9H12ClN3O. The zero-order chi connectivity index (χ0) is 9.97. The SMILES string of the molecule is CO[C@@H]1CCN(c2cncc(Cl)n2)C1. The van der Waals surface area contributed by atoms with Gasteiger partial charge in [-0.3, -0.25) is 4.98 Å². The minimum atomic E-state index is 0.302.